The van der Waals surface area contributed by atoms with Gasteiger partial charge < -0.3 is 5.32 Å². The van der Waals surface area contributed by atoms with Crippen molar-refractivity contribution >= 4 is 33.9 Å². The Hall–Kier alpha value is 0.390. The van der Waals surface area contributed by atoms with E-state index in [0.717, 1.165) is 5.92 Å². The number of hydrogen-bond donors (Lipinski definition) is 1. The van der Waals surface area contributed by atoms with E-state index in [2.05, 4.69) is 34.0 Å². The Morgan fingerprint density at radius 3 is 2.84 bits per heavy atom. The van der Waals surface area contributed by atoms with Crippen molar-refractivity contribution in [1.29, 1.82) is 0 Å². The third-order valence-corrected chi connectivity index (χ3v) is 6.72. The topological polar surface area (TPSA) is 12.0 Å². The molecule has 1 N–H and O–H groups in total. The lowest BCUT2D eigenvalue weighted by molar-refractivity contribution is 0.324. The molecule has 1 aromatic heterocycles. The van der Waals surface area contributed by atoms with Crippen LogP contribution in [-0.4, -0.2) is 6.54 Å². The maximum Gasteiger partial charge on any atom is 0.0659 e. The van der Waals surface area contributed by atoms with Crippen molar-refractivity contribution in [2.24, 2.45) is 5.92 Å². The van der Waals surface area contributed by atoms with Crippen molar-refractivity contribution in [2.45, 2.75) is 63.8 Å². The average Bonchev–Trinajstić information content (AvgIpc) is 2.81. The summed E-state index contributed by atoms with van der Waals surface area (Å²) in [6.45, 7) is 1.22. The number of aryl methyl sites for hydroxylation is 1. The van der Waals surface area contributed by atoms with E-state index in [1.54, 1.807) is 10.4 Å². The second-order valence-electron chi connectivity index (χ2n) is 6.12. The van der Waals surface area contributed by atoms with Gasteiger partial charge >= 0.3 is 0 Å². The van der Waals surface area contributed by atoms with Crippen molar-refractivity contribution in [1.82, 2.24) is 5.32 Å². The molecular formula is C16H24INS. The van der Waals surface area contributed by atoms with Gasteiger partial charge in [0.1, 0.15) is 0 Å². The molecule has 0 amide bonds. The Labute approximate surface area is 134 Å². The molecule has 0 radical (unpaired) electrons. The summed E-state index contributed by atoms with van der Waals surface area (Å²) in [6, 6.07) is 3.06. The number of fused-ring (bicyclic) bond motifs is 1. The first-order chi connectivity index (χ1) is 9.33. The molecule has 1 unspecified atom stereocenters. The van der Waals surface area contributed by atoms with Gasteiger partial charge in [-0.3, -0.25) is 0 Å². The van der Waals surface area contributed by atoms with Crippen molar-refractivity contribution in [3.8, 4) is 0 Å². The second-order valence-corrected chi connectivity index (χ2v) is 9.15. The molecule has 1 atom stereocenters. The van der Waals surface area contributed by atoms with E-state index in [1.807, 2.05) is 11.3 Å². The van der Waals surface area contributed by atoms with E-state index in [9.17, 15) is 0 Å². The SMILES string of the molecule is Ic1cc2c(s1)CCCC2NCCC1CCCCC1. The van der Waals surface area contributed by atoms with Gasteiger partial charge in [-0.25, -0.2) is 0 Å². The highest BCUT2D eigenvalue weighted by molar-refractivity contribution is 14.1. The number of thiophene rings is 1. The predicted molar refractivity (Wildman–Crippen MR) is 91.9 cm³/mol. The van der Waals surface area contributed by atoms with Crippen LogP contribution in [0.25, 0.3) is 0 Å². The molecule has 1 fully saturated rings. The van der Waals surface area contributed by atoms with Gasteiger partial charge in [0.05, 0.1) is 2.88 Å². The standard InChI is InChI=1S/C16H24INS/c17-16-11-13-14(7-4-8-15(13)19-16)18-10-9-12-5-2-1-3-6-12/h11-12,14,18H,1-10H2. The molecule has 1 heterocycles. The van der Waals surface area contributed by atoms with E-state index in [1.165, 1.54) is 67.2 Å². The van der Waals surface area contributed by atoms with Crippen LogP contribution in [-0.2, 0) is 6.42 Å². The van der Waals surface area contributed by atoms with Crippen LogP contribution in [0.4, 0.5) is 0 Å². The quantitative estimate of drug-likeness (QED) is 0.690. The molecule has 2 aliphatic rings. The van der Waals surface area contributed by atoms with Crippen LogP contribution in [0.5, 0.6) is 0 Å². The Morgan fingerprint density at radius 2 is 2.00 bits per heavy atom. The zero-order valence-electron chi connectivity index (χ0n) is 11.6. The Balaban J connectivity index is 1.50. The summed E-state index contributed by atoms with van der Waals surface area (Å²) in [5.41, 5.74) is 1.62. The van der Waals surface area contributed by atoms with Gasteiger partial charge in [-0.1, -0.05) is 32.1 Å². The maximum atomic E-state index is 3.84. The third kappa shape index (κ3) is 3.73. The van der Waals surface area contributed by atoms with Gasteiger partial charge in [-0.05, 0) is 72.4 Å². The molecule has 0 bridgehead atoms. The molecule has 0 aliphatic heterocycles. The van der Waals surface area contributed by atoms with Crippen LogP contribution < -0.4 is 5.32 Å². The molecule has 0 aromatic carbocycles. The summed E-state index contributed by atoms with van der Waals surface area (Å²) in [6.07, 6.45) is 12.8. The van der Waals surface area contributed by atoms with Crippen LogP contribution in [0, 0.1) is 8.80 Å². The summed E-state index contributed by atoms with van der Waals surface area (Å²) in [4.78, 5) is 1.64. The van der Waals surface area contributed by atoms with Crippen LogP contribution in [0.1, 0.15) is 67.8 Å². The van der Waals surface area contributed by atoms with E-state index in [-0.39, 0.29) is 0 Å². The summed E-state index contributed by atoms with van der Waals surface area (Å²) in [5.74, 6) is 1.01. The lowest BCUT2D eigenvalue weighted by atomic mass is 9.87. The minimum Gasteiger partial charge on any atom is -0.310 e. The Bertz CT molecular complexity index is 409. The Morgan fingerprint density at radius 1 is 1.16 bits per heavy atom. The van der Waals surface area contributed by atoms with Crippen molar-refractivity contribution in [3.63, 3.8) is 0 Å². The van der Waals surface area contributed by atoms with Crippen LogP contribution >= 0.6 is 33.9 Å². The van der Waals surface area contributed by atoms with Gasteiger partial charge in [-0.2, -0.15) is 0 Å². The van der Waals surface area contributed by atoms with Gasteiger partial charge in [0, 0.05) is 10.9 Å². The monoisotopic (exact) mass is 389 g/mol. The number of hydrogen-bond acceptors (Lipinski definition) is 2. The van der Waals surface area contributed by atoms with Crippen LogP contribution in [0.3, 0.4) is 0 Å². The fourth-order valence-electron chi connectivity index (χ4n) is 3.67. The highest BCUT2D eigenvalue weighted by Gasteiger charge is 2.22. The largest absolute Gasteiger partial charge is 0.310 e. The fourth-order valence-corrected chi connectivity index (χ4v) is 5.79. The molecule has 2 aliphatic carbocycles. The molecule has 19 heavy (non-hydrogen) atoms. The van der Waals surface area contributed by atoms with E-state index < -0.39 is 0 Å². The third-order valence-electron chi connectivity index (χ3n) is 4.75. The summed E-state index contributed by atoms with van der Waals surface area (Å²) >= 11 is 4.48. The molecule has 106 valence electrons. The lowest BCUT2D eigenvalue weighted by Crippen LogP contribution is -2.26. The summed E-state index contributed by atoms with van der Waals surface area (Å²) in [7, 11) is 0. The van der Waals surface area contributed by atoms with Crippen molar-refractivity contribution in [2.75, 3.05) is 6.54 Å². The molecule has 1 saturated carbocycles. The highest BCUT2D eigenvalue weighted by atomic mass is 127. The lowest BCUT2D eigenvalue weighted by Gasteiger charge is -2.26. The molecular weight excluding hydrogens is 365 g/mol. The predicted octanol–water partition coefficient (Wildman–Crippen LogP) is 5.29. The summed E-state index contributed by atoms with van der Waals surface area (Å²) in [5, 5.41) is 3.84. The van der Waals surface area contributed by atoms with Crippen molar-refractivity contribution < 1.29 is 0 Å². The molecule has 0 spiro atoms. The highest BCUT2D eigenvalue weighted by Crippen LogP contribution is 2.36. The zero-order valence-corrected chi connectivity index (χ0v) is 14.6. The first kappa shape index (κ1) is 14.3. The number of halogens is 1. The van der Waals surface area contributed by atoms with Crippen molar-refractivity contribution in [3.05, 3.63) is 19.4 Å². The maximum absolute atomic E-state index is 3.84. The minimum absolute atomic E-state index is 0.645. The first-order valence-electron chi connectivity index (χ1n) is 7.84. The fraction of sp³-hybridized carbons (Fsp3) is 0.750. The van der Waals surface area contributed by atoms with E-state index in [0.29, 0.717) is 6.04 Å². The van der Waals surface area contributed by atoms with Gasteiger partial charge in [0.25, 0.3) is 0 Å². The van der Waals surface area contributed by atoms with Crippen LogP contribution in [0.2, 0.25) is 0 Å². The molecule has 1 aromatic rings. The molecule has 1 nitrogen and oxygen atoms in total. The average molecular weight is 389 g/mol. The zero-order chi connectivity index (χ0) is 13.1. The van der Waals surface area contributed by atoms with E-state index in [4.69, 9.17) is 0 Å². The number of nitrogens with one attached hydrogen (secondary N) is 1. The van der Waals surface area contributed by atoms with Gasteiger partial charge in [0.15, 0.2) is 0 Å². The molecule has 0 saturated heterocycles. The van der Waals surface area contributed by atoms with E-state index >= 15 is 0 Å². The number of rotatable bonds is 4. The Kier molecular flexibility index (Phi) is 5.20. The van der Waals surface area contributed by atoms with Gasteiger partial charge in [0.2, 0.25) is 0 Å². The van der Waals surface area contributed by atoms with Gasteiger partial charge in [-0.15, -0.1) is 11.3 Å². The van der Waals surface area contributed by atoms with Crippen LogP contribution in [0.15, 0.2) is 6.07 Å². The molecule has 3 rings (SSSR count). The minimum atomic E-state index is 0.645. The first-order valence-corrected chi connectivity index (χ1v) is 9.74. The summed E-state index contributed by atoms with van der Waals surface area (Å²) < 4.78 is 1.46. The second kappa shape index (κ2) is 6.90. The normalized spacial score (nSPS) is 24.4. The smallest absolute Gasteiger partial charge is 0.0659 e. The molecule has 3 heteroatoms.